The fraction of sp³-hybridized carbons (Fsp3) is 0.294. The van der Waals surface area contributed by atoms with Gasteiger partial charge in [0.2, 0.25) is 5.91 Å². The second-order valence-electron chi connectivity index (χ2n) is 5.40. The molecule has 0 radical (unpaired) electrons. The maximum Gasteiger partial charge on any atom is 0.289 e. The number of rotatable bonds is 4. The summed E-state index contributed by atoms with van der Waals surface area (Å²) in [4.78, 5) is 26.9. The van der Waals surface area contributed by atoms with E-state index in [9.17, 15) is 9.59 Å². The second kappa shape index (κ2) is 7.28. The molecule has 0 bridgehead atoms. The van der Waals surface area contributed by atoms with Gasteiger partial charge in [0.15, 0.2) is 5.76 Å². The van der Waals surface area contributed by atoms with Crippen LogP contribution in [-0.4, -0.2) is 35.8 Å². The van der Waals surface area contributed by atoms with Crippen molar-refractivity contribution in [3.63, 3.8) is 0 Å². The Morgan fingerprint density at radius 2 is 2.09 bits per heavy atom. The SMILES string of the molecule is O=C(/C=C/c1cccs1)NC1CCN(C(=O)c2ccco2)CC1. The third-order valence-corrected chi connectivity index (χ3v) is 4.64. The zero-order valence-electron chi connectivity index (χ0n) is 12.6. The fourth-order valence-corrected chi connectivity index (χ4v) is 3.19. The van der Waals surface area contributed by atoms with Crippen molar-refractivity contribution in [1.82, 2.24) is 10.2 Å². The number of piperidine rings is 1. The first-order valence-corrected chi connectivity index (χ1v) is 8.45. The van der Waals surface area contributed by atoms with E-state index < -0.39 is 0 Å². The van der Waals surface area contributed by atoms with Gasteiger partial charge in [-0.15, -0.1) is 11.3 Å². The second-order valence-corrected chi connectivity index (χ2v) is 6.38. The summed E-state index contributed by atoms with van der Waals surface area (Å²) in [6, 6.07) is 7.41. The first kappa shape index (κ1) is 15.6. The van der Waals surface area contributed by atoms with Crippen molar-refractivity contribution in [2.24, 2.45) is 0 Å². The zero-order valence-corrected chi connectivity index (χ0v) is 13.4. The molecule has 120 valence electrons. The lowest BCUT2D eigenvalue weighted by molar-refractivity contribution is -0.117. The third kappa shape index (κ3) is 4.10. The summed E-state index contributed by atoms with van der Waals surface area (Å²) < 4.78 is 5.14. The average molecular weight is 330 g/mol. The van der Waals surface area contributed by atoms with E-state index in [2.05, 4.69) is 5.32 Å². The third-order valence-electron chi connectivity index (χ3n) is 3.80. The van der Waals surface area contributed by atoms with E-state index >= 15 is 0 Å². The minimum atomic E-state index is -0.0887. The van der Waals surface area contributed by atoms with Crippen LogP contribution >= 0.6 is 11.3 Å². The van der Waals surface area contributed by atoms with Gasteiger partial charge in [0.05, 0.1) is 6.26 Å². The minimum absolute atomic E-state index is 0.0858. The molecule has 0 atom stereocenters. The van der Waals surface area contributed by atoms with Crippen LogP contribution < -0.4 is 5.32 Å². The Kier molecular flexibility index (Phi) is 4.92. The number of nitrogens with zero attached hydrogens (tertiary/aromatic N) is 1. The van der Waals surface area contributed by atoms with Gasteiger partial charge in [0.1, 0.15) is 0 Å². The molecule has 3 rings (SSSR count). The molecule has 2 amide bonds. The fourth-order valence-electron chi connectivity index (χ4n) is 2.58. The number of carbonyl (C=O) groups is 2. The number of likely N-dealkylation sites (tertiary alicyclic amines) is 1. The lowest BCUT2D eigenvalue weighted by atomic mass is 10.0. The Morgan fingerprint density at radius 1 is 1.26 bits per heavy atom. The molecule has 0 aromatic carbocycles. The van der Waals surface area contributed by atoms with E-state index in [1.165, 1.54) is 6.26 Å². The molecule has 5 nitrogen and oxygen atoms in total. The number of hydrogen-bond donors (Lipinski definition) is 1. The highest BCUT2D eigenvalue weighted by molar-refractivity contribution is 7.10. The number of hydrogen-bond acceptors (Lipinski definition) is 4. The summed E-state index contributed by atoms with van der Waals surface area (Å²) in [6.07, 6.45) is 6.39. The van der Waals surface area contributed by atoms with Gasteiger partial charge in [-0.3, -0.25) is 9.59 Å². The van der Waals surface area contributed by atoms with Crippen LogP contribution in [0.15, 0.2) is 46.4 Å². The van der Waals surface area contributed by atoms with E-state index in [1.807, 2.05) is 23.6 Å². The minimum Gasteiger partial charge on any atom is -0.459 e. The summed E-state index contributed by atoms with van der Waals surface area (Å²) in [5.41, 5.74) is 0. The van der Waals surface area contributed by atoms with E-state index in [1.54, 1.807) is 34.4 Å². The highest BCUT2D eigenvalue weighted by Gasteiger charge is 2.25. The molecule has 1 fully saturated rings. The van der Waals surface area contributed by atoms with Crippen molar-refractivity contribution < 1.29 is 14.0 Å². The highest BCUT2D eigenvalue weighted by Crippen LogP contribution is 2.15. The van der Waals surface area contributed by atoms with Crippen LogP contribution in [0.5, 0.6) is 0 Å². The average Bonchev–Trinajstić information content (AvgIpc) is 3.26. The summed E-state index contributed by atoms with van der Waals surface area (Å²) in [5.74, 6) is 0.193. The maximum atomic E-state index is 12.2. The first-order valence-electron chi connectivity index (χ1n) is 7.57. The van der Waals surface area contributed by atoms with Crippen LogP contribution in [0.2, 0.25) is 0 Å². The van der Waals surface area contributed by atoms with Crippen molar-refractivity contribution in [3.8, 4) is 0 Å². The molecule has 0 saturated carbocycles. The van der Waals surface area contributed by atoms with Crippen LogP contribution in [-0.2, 0) is 4.79 Å². The maximum absolute atomic E-state index is 12.2. The molecule has 6 heteroatoms. The molecule has 2 aromatic heterocycles. The summed E-state index contributed by atoms with van der Waals surface area (Å²) in [6.45, 7) is 1.25. The zero-order chi connectivity index (χ0) is 16.1. The Hall–Kier alpha value is -2.34. The quantitative estimate of drug-likeness (QED) is 0.877. The topological polar surface area (TPSA) is 62.6 Å². The van der Waals surface area contributed by atoms with Crippen LogP contribution in [0.3, 0.4) is 0 Å². The number of thiophene rings is 1. The largest absolute Gasteiger partial charge is 0.459 e. The first-order chi connectivity index (χ1) is 11.2. The van der Waals surface area contributed by atoms with Crippen molar-refractivity contribution >= 4 is 29.2 Å². The van der Waals surface area contributed by atoms with Crippen LogP contribution in [0.25, 0.3) is 6.08 Å². The summed E-state index contributed by atoms with van der Waals surface area (Å²) in [7, 11) is 0. The number of carbonyl (C=O) groups excluding carboxylic acids is 2. The molecule has 0 spiro atoms. The van der Waals surface area contributed by atoms with E-state index in [-0.39, 0.29) is 17.9 Å². The Bertz CT molecular complexity index is 669. The Morgan fingerprint density at radius 3 is 2.74 bits per heavy atom. The van der Waals surface area contributed by atoms with Gasteiger partial charge in [-0.1, -0.05) is 6.07 Å². The van der Waals surface area contributed by atoms with Gasteiger partial charge in [0.25, 0.3) is 5.91 Å². The van der Waals surface area contributed by atoms with Crippen molar-refractivity contribution in [2.45, 2.75) is 18.9 Å². The smallest absolute Gasteiger partial charge is 0.289 e. The predicted molar refractivity (Wildman–Crippen MR) is 89.1 cm³/mol. The molecule has 1 saturated heterocycles. The highest BCUT2D eigenvalue weighted by atomic mass is 32.1. The van der Waals surface area contributed by atoms with Gasteiger partial charge >= 0.3 is 0 Å². The lowest BCUT2D eigenvalue weighted by Crippen LogP contribution is -2.46. The number of nitrogens with one attached hydrogen (secondary N) is 1. The van der Waals surface area contributed by atoms with Crippen molar-refractivity contribution in [2.75, 3.05) is 13.1 Å². The molecule has 1 aliphatic heterocycles. The molecule has 0 unspecified atom stereocenters. The molecule has 2 aromatic rings. The molecular formula is C17H18N2O3S. The van der Waals surface area contributed by atoms with E-state index in [4.69, 9.17) is 4.42 Å². The van der Waals surface area contributed by atoms with E-state index in [0.717, 1.165) is 17.7 Å². The van der Waals surface area contributed by atoms with Crippen LogP contribution in [0.1, 0.15) is 28.3 Å². The van der Waals surface area contributed by atoms with Gasteiger partial charge < -0.3 is 14.6 Å². The normalized spacial score (nSPS) is 15.9. The summed E-state index contributed by atoms with van der Waals surface area (Å²) in [5, 5.41) is 4.97. The van der Waals surface area contributed by atoms with Gasteiger partial charge in [-0.2, -0.15) is 0 Å². The standard InChI is InChI=1S/C17H18N2O3S/c20-16(6-5-14-3-2-12-23-14)18-13-7-9-19(10-8-13)17(21)15-4-1-11-22-15/h1-6,11-13H,7-10H2,(H,18,20)/b6-5+. The molecular weight excluding hydrogens is 312 g/mol. The molecule has 3 heterocycles. The molecule has 1 N–H and O–H groups in total. The molecule has 0 aliphatic carbocycles. The lowest BCUT2D eigenvalue weighted by Gasteiger charge is -2.31. The molecule has 1 aliphatic rings. The Balaban J connectivity index is 1.45. The molecule has 23 heavy (non-hydrogen) atoms. The van der Waals surface area contributed by atoms with Crippen LogP contribution in [0.4, 0.5) is 0 Å². The van der Waals surface area contributed by atoms with Gasteiger partial charge in [-0.05, 0) is 42.5 Å². The number of furan rings is 1. The van der Waals surface area contributed by atoms with Crippen molar-refractivity contribution in [1.29, 1.82) is 0 Å². The summed E-state index contributed by atoms with van der Waals surface area (Å²) >= 11 is 1.59. The monoisotopic (exact) mass is 330 g/mol. The predicted octanol–water partition coefficient (Wildman–Crippen LogP) is 2.78. The van der Waals surface area contributed by atoms with Gasteiger partial charge in [-0.25, -0.2) is 0 Å². The Labute approximate surface area is 138 Å². The number of amides is 2. The van der Waals surface area contributed by atoms with Crippen molar-refractivity contribution in [3.05, 3.63) is 52.6 Å². The van der Waals surface area contributed by atoms with E-state index in [0.29, 0.717) is 18.8 Å². The van der Waals surface area contributed by atoms with Crippen LogP contribution in [0, 0.1) is 0 Å². The van der Waals surface area contributed by atoms with Gasteiger partial charge in [0, 0.05) is 30.1 Å².